The van der Waals surface area contributed by atoms with E-state index in [9.17, 15) is 4.79 Å². The third-order valence-electron chi connectivity index (χ3n) is 11.6. The number of para-hydroxylation sites is 4. The zero-order valence-corrected chi connectivity index (χ0v) is 29.9. The molecule has 3 nitrogen and oxygen atoms in total. The summed E-state index contributed by atoms with van der Waals surface area (Å²) >= 11 is 0. The maximum absolute atomic E-state index is 14.5. The molecule has 1 spiro atoms. The van der Waals surface area contributed by atoms with E-state index < -0.39 is 5.41 Å². The van der Waals surface area contributed by atoms with Crippen molar-refractivity contribution in [1.29, 1.82) is 0 Å². The first-order valence-corrected chi connectivity index (χ1v) is 18.8. The Labute approximate surface area is 320 Å². The lowest BCUT2D eigenvalue weighted by molar-refractivity contribution is 0.104. The molecular formula is C52H34N2O. The number of carbonyl (C=O) groups excluding carboxylic acids is 1. The third-order valence-corrected chi connectivity index (χ3v) is 11.6. The predicted molar refractivity (Wildman–Crippen MR) is 225 cm³/mol. The first kappa shape index (κ1) is 31.3. The lowest BCUT2D eigenvalue weighted by Crippen LogP contribution is -2.36. The largest absolute Gasteiger partial charge is 0.310 e. The number of rotatable bonds is 3. The van der Waals surface area contributed by atoms with Gasteiger partial charge in [-0.1, -0.05) is 146 Å². The Morgan fingerprint density at radius 2 is 0.964 bits per heavy atom. The van der Waals surface area contributed by atoms with Gasteiger partial charge in [0.2, 0.25) is 0 Å². The van der Waals surface area contributed by atoms with E-state index >= 15 is 0 Å². The van der Waals surface area contributed by atoms with E-state index in [0.29, 0.717) is 5.56 Å². The van der Waals surface area contributed by atoms with Crippen LogP contribution in [-0.2, 0) is 5.41 Å². The van der Waals surface area contributed by atoms with Crippen LogP contribution in [0.4, 0.5) is 34.1 Å². The summed E-state index contributed by atoms with van der Waals surface area (Å²) in [6, 6.07) is 69.1. The lowest BCUT2D eigenvalue weighted by Gasteiger charge is -2.45. The fraction of sp³-hybridized carbons (Fsp3) is 0.0192. The van der Waals surface area contributed by atoms with Gasteiger partial charge in [0.15, 0.2) is 5.78 Å². The monoisotopic (exact) mass is 702 g/mol. The fourth-order valence-electron chi connectivity index (χ4n) is 9.39. The Morgan fingerprint density at radius 1 is 0.382 bits per heavy atom. The van der Waals surface area contributed by atoms with Crippen molar-refractivity contribution in [3.63, 3.8) is 0 Å². The average molecular weight is 703 g/mol. The maximum Gasteiger partial charge on any atom is 0.187 e. The highest BCUT2D eigenvalue weighted by Crippen LogP contribution is 2.65. The second-order valence-corrected chi connectivity index (χ2v) is 14.4. The predicted octanol–water partition coefficient (Wildman–Crippen LogP) is 13.2. The minimum atomic E-state index is -0.655. The van der Waals surface area contributed by atoms with Gasteiger partial charge in [-0.25, -0.2) is 0 Å². The van der Waals surface area contributed by atoms with Crippen LogP contribution in [0.1, 0.15) is 38.2 Å². The van der Waals surface area contributed by atoms with Gasteiger partial charge in [-0.2, -0.15) is 0 Å². The topological polar surface area (TPSA) is 23.6 Å². The second-order valence-electron chi connectivity index (χ2n) is 14.4. The van der Waals surface area contributed by atoms with Gasteiger partial charge in [-0.3, -0.25) is 4.79 Å². The van der Waals surface area contributed by atoms with Crippen LogP contribution in [0, 0.1) is 0 Å². The molecule has 2 heterocycles. The molecule has 3 heteroatoms. The van der Waals surface area contributed by atoms with Crippen molar-refractivity contribution in [3.05, 3.63) is 234 Å². The number of benzene rings is 8. The summed E-state index contributed by atoms with van der Waals surface area (Å²) < 4.78 is 0. The van der Waals surface area contributed by atoms with Gasteiger partial charge in [0.05, 0.1) is 28.2 Å². The average Bonchev–Trinajstić information content (AvgIpc) is 3.54. The van der Waals surface area contributed by atoms with Gasteiger partial charge in [0.1, 0.15) is 0 Å². The van der Waals surface area contributed by atoms with Gasteiger partial charge in [-0.05, 0) is 105 Å². The number of carbonyl (C=O) groups is 1. The SMILES string of the molecule is O=C1C=Cc2ccccc2N(c2cccc(-c3ccccc3)c2)c2c1ccc1c2-c2ccccc2C12c1ccccc1N(c1ccccc1)c1ccccc12. The van der Waals surface area contributed by atoms with E-state index in [2.05, 4.69) is 192 Å². The zero-order valence-electron chi connectivity index (χ0n) is 29.9. The number of hydrogen-bond donors (Lipinski definition) is 0. The van der Waals surface area contributed by atoms with E-state index in [-0.39, 0.29) is 5.78 Å². The van der Waals surface area contributed by atoms with Gasteiger partial charge >= 0.3 is 0 Å². The molecular weight excluding hydrogens is 669 g/mol. The molecule has 11 rings (SSSR count). The summed E-state index contributed by atoms with van der Waals surface area (Å²) in [6.45, 7) is 0. The number of allylic oxidation sites excluding steroid dienone is 1. The fourth-order valence-corrected chi connectivity index (χ4v) is 9.39. The van der Waals surface area contributed by atoms with Crippen LogP contribution in [0.25, 0.3) is 28.3 Å². The molecule has 0 radical (unpaired) electrons. The van der Waals surface area contributed by atoms with Gasteiger partial charge in [0, 0.05) is 22.5 Å². The maximum atomic E-state index is 14.5. The van der Waals surface area contributed by atoms with E-state index in [1.165, 1.54) is 22.3 Å². The highest BCUT2D eigenvalue weighted by molar-refractivity contribution is 6.17. The van der Waals surface area contributed by atoms with Crippen LogP contribution in [0.15, 0.2) is 200 Å². The summed E-state index contributed by atoms with van der Waals surface area (Å²) in [5.41, 5.74) is 16.5. The summed E-state index contributed by atoms with van der Waals surface area (Å²) in [4.78, 5) is 19.2. The standard InChI is InChI=1S/C52H34N2O/c55-49-33-30-36-18-7-12-27-46(36)54(39-22-15-19-37(34-39)35-16-3-1-4-17-35)51-41(49)31-32-45-50(51)40-23-8-9-24-42(40)52(45)43-25-10-13-28-47(43)53(38-20-5-2-6-21-38)48-29-14-11-26-44(48)52/h1-34H. The molecule has 0 N–H and O–H groups in total. The highest BCUT2D eigenvalue weighted by atomic mass is 16.1. The van der Waals surface area contributed by atoms with Crippen molar-refractivity contribution in [2.75, 3.05) is 9.80 Å². The van der Waals surface area contributed by atoms with E-state index in [4.69, 9.17) is 0 Å². The van der Waals surface area contributed by atoms with Crippen LogP contribution < -0.4 is 9.80 Å². The van der Waals surface area contributed by atoms with Crippen molar-refractivity contribution < 1.29 is 4.79 Å². The quantitative estimate of drug-likeness (QED) is 0.183. The number of hydrogen-bond acceptors (Lipinski definition) is 3. The minimum absolute atomic E-state index is 0.0188. The highest BCUT2D eigenvalue weighted by Gasteiger charge is 2.53. The molecule has 55 heavy (non-hydrogen) atoms. The van der Waals surface area contributed by atoms with Crippen molar-refractivity contribution in [3.8, 4) is 22.3 Å². The Balaban J connectivity index is 1.27. The Hall–Kier alpha value is -7.23. The summed E-state index contributed by atoms with van der Waals surface area (Å²) in [7, 11) is 0. The number of nitrogens with zero attached hydrogens (tertiary/aromatic N) is 2. The summed E-state index contributed by atoms with van der Waals surface area (Å²) in [5, 5.41) is 0. The second kappa shape index (κ2) is 12.2. The van der Waals surface area contributed by atoms with Crippen molar-refractivity contribution >= 4 is 46.0 Å². The number of fused-ring (bicyclic) bond motifs is 12. The minimum Gasteiger partial charge on any atom is -0.310 e. The summed E-state index contributed by atoms with van der Waals surface area (Å²) in [5.74, 6) is -0.0188. The first-order chi connectivity index (χ1) is 27.2. The van der Waals surface area contributed by atoms with E-state index in [1.807, 2.05) is 18.2 Å². The third kappa shape index (κ3) is 4.47. The number of ketones is 1. The van der Waals surface area contributed by atoms with Gasteiger partial charge < -0.3 is 9.80 Å². The van der Waals surface area contributed by atoms with Crippen LogP contribution in [-0.4, -0.2) is 5.78 Å². The van der Waals surface area contributed by atoms with Crippen molar-refractivity contribution in [2.24, 2.45) is 0 Å². The molecule has 0 aromatic heterocycles. The van der Waals surface area contributed by atoms with Crippen molar-refractivity contribution in [1.82, 2.24) is 0 Å². The molecule has 1 aliphatic carbocycles. The molecule has 8 aromatic rings. The van der Waals surface area contributed by atoms with Crippen molar-refractivity contribution in [2.45, 2.75) is 5.41 Å². The molecule has 0 bridgehead atoms. The molecule has 0 saturated heterocycles. The normalized spacial score (nSPS) is 14.2. The summed E-state index contributed by atoms with van der Waals surface area (Å²) in [6.07, 6.45) is 3.70. The van der Waals surface area contributed by atoms with Gasteiger partial charge in [0.25, 0.3) is 0 Å². The molecule has 0 fully saturated rings. The Kier molecular flexibility index (Phi) is 6.92. The molecule has 0 unspecified atom stereocenters. The van der Waals surface area contributed by atoms with Crippen LogP contribution >= 0.6 is 0 Å². The number of anilines is 6. The molecule has 2 aliphatic heterocycles. The zero-order chi connectivity index (χ0) is 36.5. The van der Waals surface area contributed by atoms with Gasteiger partial charge in [-0.15, -0.1) is 0 Å². The lowest BCUT2D eigenvalue weighted by atomic mass is 9.64. The molecule has 3 aliphatic rings. The van der Waals surface area contributed by atoms with E-state index in [0.717, 1.165) is 61.9 Å². The first-order valence-electron chi connectivity index (χ1n) is 18.8. The molecule has 258 valence electrons. The molecule has 0 amide bonds. The van der Waals surface area contributed by atoms with Crippen LogP contribution in [0.3, 0.4) is 0 Å². The molecule has 0 saturated carbocycles. The molecule has 0 atom stereocenters. The van der Waals surface area contributed by atoms with E-state index in [1.54, 1.807) is 6.08 Å². The van der Waals surface area contributed by atoms with Crippen LogP contribution in [0.5, 0.6) is 0 Å². The molecule has 8 aromatic carbocycles. The Bertz CT molecular complexity index is 2810. The van der Waals surface area contributed by atoms with Crippen LogP contribution in [0.2, 0.25) is 0 Å². The Morgan fingerprint density at radius 3 is 1.71 bits per heavy atom. The smallest absolute Gasteiger partial charge is 0.187 e.